The Bertz CT molecular complexity index is 942. The molecule has 1 aliphatic heterocycles. The summed E-state index contributed by atoms with van der Waals surface area (Å²) in [5.41, 5.74) is 2.03. The lowest BCUT2D eigenvalue weighted by atomic mass is 9.85. The monoisotopic (exact) mass is 440 g/mol. The number of nitrogens with one attached hydrogen (secondary N) is 1. The minimum Gasteiger partial charge on any atom is -0.493 e. The third kappa shape index (κ3) is 5.59. The number of amides is 1. The Morgan fingerprint density at radius 3 is 2.28 bits per heavy atom. The number of piperidine rings is 1. The van der Waals surface area contributed by atoms with E-state index >= 15 is 0 Å². The molecule has 1 aliphatic rings. The highest BCUT2D eigenvalue weighted by atomic mass is 16.5. The number of carbonyl (C=O) groups excluding carboxylic acids is 2. The number of nitrogens with zero attached hydrogens (tertiary/aromatic N) is 1. The number of likely N-dealkylation sites (tertiary alicyclic amines) is 1. The minimum absolute atomic E-state index is 0.0256. The summed E-state index contributed by atoms with van der Waals surface area (Å²) in [6.45, 7) is 5.32. The smallest absolute Gasteiger partial charge is 0.338 e. The van der Waals surface area contributed by atoms with Crippen LogP contribution in [0.4, 0.5) is 0 Å². The average Bonchev–Trinajstić information content (AvgIpc) is 2.79. The van der Waals surface area contributed by atoms with Gasteiger partial charge in [-0.2, -0.15) is 0 Å². The first-order chi connectivity index (χ1) is 15.3. The van der Waals surface area contributed by atoms with Crippen LogP contribution in [0.15, 0.2) is 42.5 Å². The first kappa shape index (κ1) is 23.6. The third-order valence-corrected chi connectivity index (χ3v) is 5.69. The van der Waals surface area contributed by atoms with Crippen molar-refractivity contribution in [1.82, 2.24) is 10.2 Å². The molecule has 0 spiro atoms. The minimum atomic E-state index is -0.393. The van der Waals surface area contributed by atoms with Crippen LogP contribution < -0.4 is 14.8 Å². The first-order valence-corrected chi connectivity index (χ1v) is 10.8. The van der Waals surface area contributed by atoms with E-state index in [1.165, 1.54) is 0 Å². The Labute approximate surface area is 189 Å². The van der Waals surface area contributed by atoms with E-state index in [4.69, 9.17) is 14.2 Å². The number of methoxy groups -OCH3 is 2. The molecule has 7 nitrogen and oxygen atoms in total. The van der Waals surface area contributed by atoms with Gasteiger partial charge in [0, 0.05) is 24.1 Å². The number of rotatable bonds is 7. The van der Waals surface area contributed by atoms with Gasteiger partial charge in [-0.15, -0.1) is 0 Å². The quantitative estimate of drug-likeness (QED) is 0.665. The lowest BCUT2D eigenvalue weighted by Crippen LogP contribution is -2.48. The predicted octanol–water partition coefficient (Wildman–Crippen LogP) is 3.49. The summed E-state index contributed by atoms with van der Waals surface area (Å²) in [6.07, 6.45) is 0.642. The van der Waals surface area contributed by atoms with Gasteiger partial charge in [-0.05, 0) is 75.8 Å². The molecule has 7 heteroatoms. The van der Waals surface area contributed by atoms with Crippen LogP contribution in [-0.2, 0) is 4.74 Å². The molecule has 1 fully saturated rings. The van der Waals surface area contributed by atoms with Crippen molar-refractivity contribution in [1.29, 1.82) is 0 Å². The molecule has 1 N–H and O–H groups in total. The third-order valence-electron chi connectivity index (χ3n) is 5.69. The number of likely N-dealkylation sites (N-methyl/N-ethyl adjacent to an activating group) is 1. The van der Waals surface area contributed by atoms with E-state index in [1.807, 2.05) is 18.2 Å². The summed E-state index contributed by atoms with van der Waals surface area (Å²) >= 11 is 0. The summed E-state index contributed by atoms with van der Waals surface area (Å²) in [5.74, 6) is 0.909. The Hall–Kier alpha value is -3.06. The standard InChI is InChI=1S/C25H32N2O5/c1-16(2)32-25(29)18-8-6-17(7-9-18)24(28)26-21-12-13-27(3)15-20(21)19-10-11-22(30-4)23(14-19)31-5/h6-11,14,16,20-21H,12-13,15H2,1-5H3,(H,26,28)/t20-,21-/m0/s1. The number of carbonyl (C=O) groups is 2. The molecule has 0 aliphatic carbocycles. The van der Waals surface area contributed by atoms with Crippen LogP contribution in [0, 0.1) is 0 Å². The molecule has 32 heavy (non-hydrogen) atoms. The molecule has 0 saturated carbocycles. The van der Waals surface area contributed by atoms with Crippen molar-refractivity contribution in [2.45, 2.75) is 38.3 Å². The van der Waals surface area contributed by atoms with E-state index in [0.29, 0.717) is 22.6 Å². The zero-order chi connectivity index (χ0) is 23.3. The number of ether oxygens (including phenoxy) is 3. The molecule has 2 aromatic carbocycles. The molecule has 0 radical (unpaired) electrons. The fourth-order valence-corrected chi connectivity index (χ4v) is 4.00. The molecule has 172 valence electrons. The molecule has 0 bridgehead atoms. The molecule has 2 aromatic rings. The van der Waals surface area contributed by atoms with Gasteiger partial charge in [0.25, 0.3) is 5.91 Å². The van der Waals surface area contributed by atoms with Crippen molar-refractivity contribution in [3.63, 3.8) is 0 Å². The maximum atomic E-state index is 13.0. The maximum Gasteiger partial charge on any atom is 0.338 e. The van der Waals surface area contributed by atoms with Gasteiger partial charge in [-0.1, -0.05) is 6.07 Å². The molecular formula is C25H32N2O5. The van der Waals surface area contributed by atoms with Crippen molar-refractivity contribution < 1.29 is 23.8 Å². The van der Waals surface area contributed by atoms with E-state index in [0.717, 1.165) is 25.1 Å². The SMILES string of the molecule is COc1ccc([C@@H]2CN(C)CC[C@@H]2NC(=O)c2ccc(C(=O)OC(C)C)cc2)cc1OC. The molecular weight excluding hydrogens is 408 g/mol. The van der Waals surface area contributed by atoms with Crippen molar-refractivity contribution in [3.05, 3.63) is 59.2 Å². The van der Waals surface area contributed by atoms with Gasteiger partial charge in [-0.25, -0.2) is 4.79 Å². The van der Waals surface area contributed by atoms with E-state index in [1.54, 1.807) is 52.3 Å². The van der Waals surface area contributed by atoms with E-state index in [-0.39, 0.29) is 24.0 Å². The zero-order valence-corrected chi connectivity index (χ0v) is 19.4. The normalized spacial score (nSPS) is 18.8. The number of esters is 1. The van der Waals surface area contributed by atoms with Gasteiger partial charge in [0.2, 0.25) is 0 Å². The lowest BCUT2D eigenvalue weighted by molar-refractivity contribution is 0.0377. The highest BCUT2D eigenvalue weighted by Crippen LogP contribution is 2.34. The van der Waals surface area contributed by atoms with Crippen molar-refractivity contribution in [2.24, 2.45) is 0 Å². The second-order valence-corrected chi connectivity index (χ2v) is 8.38. The highest BCUT2D eigenvalue weighted by molar-refractivity contribution is 5.96. The molecule has 1 saturated heterocycles. The van der Waals surface area contributed by atoms with E-state index < -0.39 is 5.97 Å². The maximum absolute atomic E-state index is 13.0. The fraction of sp³-hybridized carbons (Fsp3) is 0.440. The second kappa shape index (κ2) is 10.5. The Morgan fingerprint density at radius 1 is 1.00 bits per heavy atom. The topological polar surface area (TPSA) is 77.1 Å². The van der Waals surface area contributed by atoms with Crippen LogP contribution in [0.25, 0.3) is 0 Å². The van der Waals surface area contributed by atoms with Crippen LogP contribution >= 0.6 is 0 Å². The van der Waals surface area contributed by atoms with Crippen molar-refractivity contribution >= 4 is 11.9 Å². The van der Waals surface area contributed by atoms with Gasteiger partial charge >= 0.3 is 5.97 Å². The summed E-state index contributed by atoms with van der Waals surface area (Å²) < 4.78 is 16.0. The summed E-state index contributed by atoms with van der Waals surface area (Å²) in [4.78, 5) is 27.3. The Balaban J connectivity index is 1.75. The van der Waals surface area contributed by atoms with Gasteiger partial charge in [0.15, 0.2) is 11.5 Å². The molecule has 1 heterocycles. The summed E-state index contributed by atoms with van der Waals surface area (Å²) in [6, 6.07) is 12.5. The summed E-state index contributed by atoms with van der Waals surface area (Å²) in [7, 11) is 5.32. The molecule has 0 unspecified atom stereocenters. The number of benzene rings is 2. The Morgan fingerprint density at radius 2 is 1.66 bits per heavy atom. The fourth-order valence-electron chi connectivity index (χ4n) is 4.00. The number of hydrogen-bond acceptors (Lipinski definition) is 6. The van der Waals surface area contributed by atoms with Crippen LogP contribution in [0.5, 0.6) is 11.5 Å². The van der Waals surface area contributed by atoms with Gasteiger partial charge in [-0.3, -0.25) is 4.79 Å². The van der Waals surface area contributed by atoms with E-state index in [2.05, 4.69) is 17.3 Å². The average molecular weight is 441 g/mol. The van der Waals surface area contributed by atoms with Crippen LogP contribution in [-0.4, -0.2) is 63.3 Å². The highest BCUT2D eigenvalue weighted by Gasteiger charge is 2.31. The van der Waals surface area contributed by atoms with Gasteiger partial charge < -0.3 is 24.4 Å². The zero-order valence-electron chi connectivity index (χ0n) is 19.4. The van der Waals surface area contributed by atoms with E-state index in [9.17, 15) is 9.59 Å². The first-order valence-electron chi connectivity index (χ1n) is 10.8. The van der Waals surface area contributed by atoms with Crippen LogP contribution in [0.1, 0.15) is 52.5 Å². The molecule has 1 amide bonds. The van der Waals surface area contributed by atoms with Gasteiger partial charge in [0.1, 0.15) is 0 Å². The van der Waals surface area contributed by atoms with Crippen LogP contribution in [0.3, 0.4) is 0 Å². The summed E-state index contributed by atoms with van der Waals surface area (Å²) in [5, 5.41) is 3.20. The lowest BCUT2D eigenvalue weighted by Gasteiger charge is -2.37. The largest absolute Gasteiger partial charge is 0.493 e. The second-order valence-electron chi connectivity index (χ2n) is 8.38. The number of hydrogen-bond donors (Lipinski definition) is 1. The van der Waals surface area contributed by atoms with Crippen LogP contribution in [0.2, 0.25) is 0 Å². The Kier molecular flexibility index (Phi) is 7.75. The molecule has 0 aromatic heterocycles. The molecule has 2 atom stereocenters. The van der Waals surface area contributed by atoms with Gasteiger partial charge in [0.05, 0.1) is 25.9 Å². The molecule has 3 rings (SSSR count). The van der Waals surface area contributed by atoms with Crippen molar-refractivity contribution in [2.75, 3.05) is 34.4 Å². The van der Waals surface area contributed by atoms with Crippen molar-refractivity contribution in [3.8, 4) is 11.5 Å². The predicted molar refractivity (Wildman–Crippen MR) is 123 cm³/mol.